The maximum Gasteiger partial charge on any atom is 0.295 e. The molecule has 0 aromatic carbocycles. The quantitative estimate of drug-likeness (QED) is 0.644. The van der Waals surface area contributed by atoms with Gasteiger partial charge in [0, 0.05) is 24.2 Å². The van der Waals surface area contributed by atoms with E-state index in [1.807, 2.05) is 0 Å². The Morgan fingerprint density at radius 3 is 2.78 bits per heavy atom. The molecule has 1 N–H and O–H groups in total. The van der Waals surface area contributed by atoms with E-state index in [-0.39, 0.29) is 11.2 Å². The molecule has 88 valence electrons. The molecule has 0 aliphatic carbocycles. The van der Waals surface area contributed by atoms with E-state index in [2.05, 4.69) is 15.0 Å². The lowest BCUT2D eigenvalue weighted by Crippen LogP contribution is -2.21. The maximum atomic E-state index is 11.9. The summed E-state index contributed by atoms with van der Waals surface area (Å²) in [6.45, 7) is 0. The van der Waals surface area contributed by atoms with E-state index >= 15 is 0 Å². The highest BCUT2D eigenvalue weighted by Gasteiger charge is 2.12. The third kappa shape index (κ3) is 1.51. The summed E-state index contributed by atoms with van der Waals surface area (Å²) < 4.78 is 0.515. The van der Waals surface area contributed by atoms with Crippen molar-refractivity contribution in [2.24, 2.45) is 0 Å². The van der Waals surface area contributed by atoms with Crippen LogP contribution in [-0.2, 0) is 0 Å². The summed E-state index contributed by atoms with van der Waals surface area (Å²) in [4.78, 5) is 24.0. The molecule has 3 rings (SSSR count). The largest absolute Gasteiger partial charge is 0.423 e. The molecule has 0 spiro atoms. The van der Waals surface area contributed by atoms with Gasteiger partial charge in [-0.1, -0.05) is 0 Å². The van der Waals surface area contributed by atoms with Crippen LogP contribution in [0.4, 0.5) is 0 Å². The number of rotatable bonds is 1. The zero-order chi connectivity index (χ0) is 12.5. The van der Waals surface area contributed by atoms with Gasteiger partial charge in [0.1, 0.15) is 0 Å². The molecule has 0 saturated heterocycles. The molecule has 18 heavy (non-hydrogen) atoms. The van der Waals surface area contributed by atoms with Crippen molar-refractivity contribution in [3.8, 4) is 11.4 Å². The zero-order valence-corrected chi connectivity index (χ0v) is 9.19. The van der Waals surface area contributed by atoms with Gasteiger partial charge in [-0.3, -0.25) is 9.78 Å². The van der Waals surface area contributed by atoms with Crippen LogP contribution in [0.1, 0.15) is 0 Å². The van der Waals surface area contributed by atoms with Crippen LogP contribution < -0.4 is 5.56 Å². The van der Waals surface area contributed by atoms with Crippen LogP contribution in [0.15, 0.2) is 47.7 Å². The topological polar surface area (TPSA) is 80.9 Å². The number of hydrogen-bond donors (Lipinski definition) is 1. The van der Waals surface area contributed by atoms with Gasteiger partial charge in [-0.05, 0) is 24.3 Å². The fourth-order valence-electron chi connectivity index (χ4n) is 1.69. The van der Waals surface area contributed by atoms with Crippen LogP contribution in [0.5, 0.6) is 0 Å². The van der Waals surface area contributed by atoms with Gasteiger partial charge in [0.25, 0.3) is 5.56 Å². The molecule has 0 aliphatic rings. The SMILES string of the molecule is O=c1c2cccnc2nc(-c2cccnc2)n1O. The summed E-state index contributed by atoms with van der Waals surface area (Å²) in [5.74, 6) is 0.124. The highest BCUT2D eigenvalue weighted by molar-refractivity contribution is 5.75. The molecule has 0 amide bonds. The predicted molar refractivity (Wildman–Crippen MR) is 64.2 cm³/mol. The molecule has 0 unspecified atom stereocenters. The summed E-state index contributed by atoms with van der Waals surface area (Å²) in [6.07, 6.45) is 4.66. The molecule has 0 atom stereocenters. The highest BCUT2D eigenvalue weighted by Crippen LogP contribution is 2.15. The van der Waals surface area contributed by atoms with Gasteiger partial charge in [0.2, 0.25) is 0 Å². The number of hydrogen-bond acceptors (Lipinski definition) is 5. The van der Waals surface area contributed by atoms with E-state index in [9.17, 15) is 10.0 Å². The van der Waals surface area contributed by atoms with Crippen molar-refractivity contribution in [2.75, 3.05) is 0 Å². The molecular weight excluding hydrogens is 232 g/mol. The third-order valence-electron chi connectivity index (χ3n) is 2.54. The summed E-state index contributed by atoms with van der Waals surface area (Å²) in [5, 5.41) is 10.1. The van der Waals surface area contributed by atoms with Gasteiger partial charge < -0.3 is 5.21 Å². The van der Waals surface area contributed by atoms with E-state index < -0.39 is 5.56 Å². The molecule has 0 radical (unpaired) electrons. The summed E-state index contributed by atoms with van der Waals surface area (Å²) >= 11 is 0. The van der Waals surface area contributed by atoms with Crippen LogP contribution in [0.2, 0.25) is 0 Å². The molecule has 0 bridgehead atoms. The lowest BCUT2D eigenvalue weighted by Gasteiger charge is -2.06. The van der Waals surface area contributed by atoms with Crippen molar-refractivity contribution in [1.82, 2.24) is 19.7 Å². The first kappa shape index (κ1) is 10.4. The molecule has 3 aromatic rings. The first-order valence-electron chi connectivity index (χ1n) is 5.25. The molecule has 3 aromatic heterocycles. The number of fused-ring (bicyclic) bond motifs is 1. The standard InChI is InChI=1S/C12H8N4O2/c17-12-9-4-2-6-14-10(9)15-11(16(12)18)8-3-1-5-13-7-8/h1-7,18H. The number of nitrogens with zero attached hydrogens (tertiary/aromatic N) is 4. The second-order valence-corrected chi connectivity index (χ2v) is 3.67. The van der Waals surface area contributed by atoms with E-state index in [1.54, 1.807) is 36.7 Å². The van der Waals surface area contributed by atoms with Gasteiger partial charge >= 0.3 is 0 Å². The average molecular weight is 240 g/mol. The van der Waals surface area contributed by atoms with Gasteiger partial charge in [-0.15, -0.1) is 4.73 Å². The van der Waals surface area contributed by atoms with Gasteiger partial charge in [0.05, 0.1) is 5.39 Å². The Morgan fingerprint density at radius 2 is 2.00 bits per heavy atom. The molecule has 0 aliphatic heterocycles. The molecule has 3 heterocycles. The van der Waals surface area contributed by atoms with Gasteiger partial charge in [-0.2, -0.15) is 0 Å². The maximum absolute atomic E-state index is 11.9. The monoisotopic (exact) mass is 240 g/mol. The van der Waals surface area contributed by atoms with Crippen LogP contribution in [-0.4, -0.2) is 24.9 Å². The summed E-state index contributed by atoms with van der Waals surface area (Å²) in [7, 11) is 0. The Kier molecular flexibility index (Phi) is 2.26. The second kappa shape index (κ2) is 3.92. The Morgan fingerprint density at radius 1 is 1.17 bits per heavy atom. The van der Waals surface area contributed by atoms with E-state index in [1.165, 1.54) is 6.20 Å². The Hall–Kier alpha value is -2.76. The van der Waals surface area contributed by atoms with Crippen molar-refractivity contribution in [3.63, 3.8) is 0 Å². The van der Waals surface area contributed by atoms with Crippen molar-refractivity contribution in [1.29, 1.82) is 0 Å². The molecule has 6 heteroatoms. The van der Waals surface area contributed by atoms with Gasteiger partial charge in [-0.25, -0.2) is 9.97 Å². The Balaban J connectivity index is 2.38. The normalized spacial score (nSPS) is 10.7. The van der Waals surface area contributed by atoms with Crippen molar-refractivity contribution in [2.45, 2.75) is 0 Å². The molecular formula is C12H8N4O2. The Labute approximate surface area is 101 Å². The minimum atomic E-state index is -0.549. The highest BCUT2D eigenvalue weighted by atomic mass is 16.5. The van der Waals surface area contributed by atoms with E-state index in [4.69, 9.17) is 0 Å². The fraction of sp³-hybridized carbons (Fsp3) is 0. The first-order valence-corrected chi connectivity index (χ1v) is 5.25. The lowest BCUT2D eigenvalue weighted by molar-refractivity contribution is 0.178. The first-order chi connectivity index (χ1) is 8.77. The van der Waals surface area contributed by atoms with Crippen molar-refractivity contribution >= 4 is 11.0 Å². The average Bonchev–Trinajstić information content (AvgIpc) is 2.44. The summed E-state index contributed by atoms with van der Waals surface area (Å²) in [6, 6.07) is 6.59. The minimum absolute atomic E-state index is 0.124. The van der Waals surface area contributed by atoms with Crippen molar-refractivity contribution < 1.29 is 5.21 Å². The van der Waals surface area contributed by atoms with E-state index in [0.29, 0.717) is 15.9 Å². The second-order valence-electron chi connectivity index (χ2n) is 3.67. The molecule has 0 saturated carbocycles. The van der Waals surface area contributed by atoms with Crippen LogP contribution in [0, 0.1) is 0 Å². The summed E-state index contributed by atoms with van der Waals surface area (Å²) in [5.41, 5.74) is 0.295. The Bertz CT molecular complexity index is 768. The third-order valence-corrected chi connectivity index (χ3v) is 2.54. The number of pyridine rings is 2. The minimum Gasteiger partial charge on any atom is -0.423 e. The lowest BCUT2D eigenvalue weighted by atomic mass is 10.2. The van der Waals surface area contributed by atoms with Crippen LogP contribution in [0.3, 0.4) is 0 Å². The van der Waals surface area contributed by atoms with Crippen molar-refractivity contribution in [3.05, 3.63) is 53.2 Å². The molecule has 6 nitrogen and oxygen atoms in total. The van der Waals surface area contributed by atoms with Gasteiger partial charge in [0.15, 0.2) is 11.5 Å². The zero-order valence-electron chi connectivity index (χ0n) is 9.19. The van der Waals surface area contributed by atoms with Crippen LogP contribution >= 0.6 is 0 Å². The van der Waals surface area contributed by atoms with E-state index in [0.717, 1.165) is 0 Å². The smallest absolute Gasteiger partial charge is 0.295 e. The van der Waals surface area contributed by atoms with Crippen LogP contribution in [0.25, 0.3) is 22.4 Å². The number of aromatic nitrogens is 4. The fourth-order valence-corrected chi connectivity index (χ4v) is 1.69. The predicted octanol–water partition coefficient (Wildman–Crippen LogP) is 1.09. The molecule has 0 fully saturated rings.